The van der Waals surface area contributed by atoms with Crippen LogP contribution in [0.15, 0.2) is 24.3 Å². The highest BCUT2D eigenvalue weighted by Crippen LogP contribution is 2.46. The molecule has 0 unspecified atom stereocenters. The lowest BCUT2D eigenvalue weighted by Gasteiger charge is -2.32. The first kappa shape index (κ1) is 20.2. The Morgan fingerprint density at radius 1 is 1.11 bits per heavy atom. The molecule has 6 heteroatoms. The third kappa shape index (κ3) is 3.36. The van der Waals surface area contributed by atoms with Crippen molar-refractivity contribution in [2.75, 3.05) is 19.6 Å². The highest BCUT2D eigenvalue weighted by atomic mass is 35.5. The molecule has 2 saturated heterocycles. The second kappa shape index (κ2) is 7.44. The van der Waals surface area contributed by atoms with Gasteiger partial charge in [-0.1, -0.05) is 37.1 Å². The van der Waals surface area contributed by atoms with Gasteiger partial charge in [-0.05, 0) is 30.9 Å². The molecule has 2 N–H and O–H groups in total. The van der Waals surface area contributed by atoms with E-state index in [2.05, 4.69) is 19.1 Å². The van der Waals surface area contributed by atoms with E-state index in [0.717, 1.165) is 38.8 Å². The van der Waals surface area contributed by atoms with E-state index in [1.807, 2.05) is 21.9 Å². The number of nitrogens with two attached hydrogens (primary N) is 1. The van der Waals surface area contributed by atoms with Crippen molar-refractivity contribution < 1.29 is 9.59 Å². The molecular formula is C21H30ClN3O2. The maximum atomic E-state index is 13.0. The molecule has 1 saturated carbocycles. The van der Waals surface area contributed by atoms with Gasteiger partial charge in [0, 0.05) is 38.4 Å². The predicted molar refractivity (Wildman–Crippen MR) is 108 cm³/mol. The SMILES string of the molecule is CC(=O)N1C[C@H]2CN(C(=O)C3(N)CCCC3)C[C@H]2[C@H]1c1ccccc1C.Cl. The quantitative estimate of drug-likeness (QED) is 0.842. The first-order chi connectivity index (χ1) is 12.4. The molecule has 3 fully saturated rings. The van der Waals surface area contributed by atoms with Gasteiger partial charge in [-0.25, -0.2) is 0 Å². The van der Waals surface area contributed by atoms with Gasteiger partial charge in [-0.15, -0.1) is 12.4 Å². The maximum absolute atomic E-state index is 13.0. The van der Waals surface area contributed by atoms with Gasteiger partial charge < -0.3 is 15.5 Å². The van der Waals surface area contributed by atoms with E-state index < -0.39 is 5.54 Å². The van der Waals surface area contributed by atoms with Crippen molar-refractivity contribution in [3.05, 3.63) is 35.4 Å². The zero-order valence-electron chi connectivity index (χ0n) is 16.2. The summed E-state index contributed by atoms with van der Waals surface area (Å²) < 4.78 is 0. The lowest BCUT2D eigenvalue weighted by atomic mass is 9.87. The predicted octanol–water partition coefficient (Wildman–Crippen LogP) is 2.67. The minimum absolute atomic E-state index is 0. The molecule has 1 aromatic carbocycles. The van der Waals surface area contributed by atoms with Crippen LogP contribution in [-0.4, -0.2) is 46.8 Å². The van der Waals surface area contributed by atoms with Crippen LogP contribution in [-0.2, 0) is 9.59 Å². The Balaban J connectivity index is 0.00000210. The monoisotopic (exact) mass is 391 g/mol. The van der Waals surface area contributed by atoms with Crippen molar-refractivity contribution >= 4 is 24.2 Å². The van der Waals surface area contributed by atoms with Gasteiger partial charge >= 0.3 is 0 Å². The molecule has 3 atom stereocenters. The molecule has 27 heavy (non-hydrogen) atoms. The summed E-state index contributed by atoms with van der Waals surface area (Å²) in [5.74, 6) is 0.894. The number of rotatable bonds is 2. The summed E-state index contributed by atoms with van der Waals surface area (Å²) in [4.78, 5) is 29.3. The highest BCUT2D eigenvalue weighted by molar-refractivity contribution is 5.87. The Morgan fingerprint density at radius 2 is 1.78 bits per heavy atom. The molecule has 3 aliphatic rings. The van der Waals surface area contributed by atoms with E-state index in [0.29, 0.717) is 18.4 Å². The summed E-state index contributed by atoms with van der Waals surface area (Å²) in [7, 11) is 0. The fourth-order valence-corrected chi connectivity index (χ4v) is 5.39. The number of hydrogen-bond acceptors (Lipinski definition) is 3. The second-order valence-corrected chi connectivity index (χ2v) is 8.47. The fourth-order valence-electron chi connectivity index (χ4n) is 5.39. The van der Waals surface area contributed by atoms with Crippen LogP contribution in [0, 0.1) is 18.8 Å². The zero-order valence-corrected chi connectivity index (χ0v) is 17.0. The Hall–Kier alpha value is -1.59. The topological polar surface area (TPSA) is 66.6 Å². The van der Waals surface area contributed by atoms with Crippen molar-refractivity contribution in [1.29, 1.82) is 0 Å². The smallest absolute Gasteiger partial charge is 0.242 e. The highest BCUT2D eigenvalue weighted by Gasteiger charge is 2.52. The van der Waals surface area contributed by atoms with E-state index in [-0.39, 0.29) is 30.3 Å². The number of aryl methyl sites for hydroxylation is 1. The van der Waals surface area contributed by atoms with Crippen LogP contribution < -0.4 is 5.73 Å². The van der Waals surface area contributed by atoms with E-state index in [4.69, 9.17) is 5.73 Å². The molecule has 4 rings (SSSR count). The van der Waals surface area contributed by atoms with Crippen LogP contribution >= 0.6 is 12.4 Å². The molecule has 2 aliphatic heterocycles. The zero-order chi connectivity index (χ0) is 18.5. The molecule has 1 aliphatic carbocycles. The number of carbonyl (C=O) groups is 2. The minimum atomic E-state index is -0.656. The third-order valence-electron chi connectivity index (χ3n) is 6.78. The van der Waals surface area contributed by atoms with Crippen molar-refractivity contribution in [2.45, 2.75) is 51.1 Å². The number of carbonyl (C=O) groups excluding carboxylic acids is 2. The fraction of sp³-hybridized carbons (Fsp3) is 0.619. The molecular weight excluding hydrogens is 362 g/mol. The standard InChI is InChI=1S/C21H29N3O2.ClH/c1-14-7-3-4-8-17(14)19-18-13-23(11-16(18)12-24(19)15(2)25)20(26)21(22)9-5-6-10-21;/h3-4,7-8,16,18-19H,5-6,9-13,22H2,1-2H3;1H/t16-,18-,19-;/m1./s1. The summed E-state index contributed by atoms with van der Waals surface area (Å²) in [6.45, 7) is 5.94. The van der Waals surface area contributed by atoms with Crippen molar-refractivity contribution in [3.63, 3.8) is 0 Å². The van der Waals surface area contributed by atoms with Crippen LogP contribution in [0.1, 0.15) is 49.8 Å². The summed E-state index contributed by atoms with van der Waals surface area (Å²) in [5.41, 5.74) is 8.19. The van der Waals surface area contributed by atoms with Gasteiger partial charge in [-0.2, -0.15) is 0 Å². The lowest BCUT2D eigenvalue weighted by Crippen LogP contribution is -2.53. The Kier molecular flexibility index (Phi) is 5.55. The second-order valence-electron chi connectivity index (χ2n) is 8.47. The third-order valence-corrected chi connectivity index (χ3v) is 6.78. The molecule has 0 bridgehead atoms. The summed E-state index contributed by atoms with van der Waals surface area (Å²) >= 11 is 0. The van der Waals surface area contributed by atoms with E-state index >= 15 is 0 Å². The summed E-state index contributed by atoms with van der Waals surface area (Å²) in [6.07, 6.45) is 3.71. The average Bonchev–Trinajstić information content (AvgIpc) is 3.29. The molecule has 148 valence electrons. The van der Waals surface area contributed by atoms with Crippen LogP contribution in [0.25, 0.3) is 0 Å². The Labute approximate surface area is 167 Å². The van der Waals surface area contributed by atoms with Crippen molar-refractivity contribution in [3.8, 4) is 0 Å². The number of amides is 2. The van der Waals surface area contributed by atoms with Crippen LogP contribution in [0.3, 0.4) is 0 Å². The van der Waals surface area contributed by atoms with Crippen molar-refractivity contribution in [2.24, 2.45) is 17.6 Å². The maximum Gasteiger partial charge on any atom is 0.242 e. The molecule has 0 spiro atoms. The summed E-state index contributed by atoms with van der Waals surface area (Å²) in [5, 5.41) is 0. The first-order valence-electron chi connectivity index (χ1n) is 9.82. The van der Waals surface area contributed by atoms with Gasteiger partial charge in [0.15, 0.2) is 0 Å². The van der Waals surface area contributed by atoms with Gasteiger partial charge in [0.25, 0.3) is 0 Å². The molecule has 2 heterocycles. The number of fused-ring (bicyclic) bond motifs is 1. The molecule has 2 amide bonds. The number of hydrogen-bond donors (Lipinski definition) is 1. The molecule has 1 aromatic rings. The largest absolute Gasteiger partial charge is 0.340 e. The normalized spacial score (nSPS) is 28.8. The minimum Gasteiger partial charge on any atom is -0.340 e. The van der Waals surface area contributed by atoms with Crippen molar-refractivity contribution in [1.82, 2.24) is 9.80 Å². The van der Waals surface area contributed by atoms with E-state index in [9.17, 15) is 9.59 Å². The number of nitrogens with zero attached hydrogens (tertiary/aromatic N) is 2. The van der Waals surface area contributed by atoms with Gasteiger partial charge in [0.1, 0.15) is 0 Å². The van der Waals surface area contributed by atoms with E-state index in [1.54, 1.807) is 6.92 Å². The Morgan fingerprint density at radius 3 is 2.41 bits per heavy atom. The Bertz CT molecular complexity index is 732. The molecule has 0 aromatic heterocycles. The van der Waals surface area contributed by atoms with Gasteiger partial charge in [-0.3, -0.25) is 9.59 Å². The summed E-state index contributed by atoms with van der Waals surface area (Å²) in [6, 6.07) is 8.37. The number of halogens is 1. The molecule has 5 nitrogen and oxygen atoms in total. The lowest BCUT2D eigenvalue weighted by molar-refractivity contribution is -0.136. The number of benzene rings is 1. The average molecular weight is 392 g/mol. The van der Waals surface area contributed by atoms with Gasteiger partial charge in [0.2, 0.25) is 11.8 Å². The first-order valence-corrected chi connectivity index (χ1v) is 9.82. The van der Waals surface area contributed by atoms with Crippen LogP contribution in [0.4, 0.5) is 0 Å². The number of likely N-dealkylation sites (tertiary alicyclic amines) is 2. The van der Waals surface area contributed by atoms with Crippen LogP contribution in [0.2, 0.25) is 0 Å². The van der Waals surface area contributed by atoms with Crippen LogP contribution in [0.5, 0.6) is 0 Å². The van der Waals surface area contributed by atoms with E-state index in [1.165, 1.54) is 11.1 Å². The molecule has 0 radical (unpaired) electrons. The van der Waals surface area contributed by atoms with Gasteiger partial charge in [0.05, 0.1) is 11.6 Å².